The third-order valence-corrected chi connectivity index (χ3v) is 4.22. The molecule has 0 amide bonds. The van der Waals surface area contributed by atoms with Crippen LogP contribution in [0.1, 0.15) is 51.1 Å². The Bertz CT molecular complexity index is 531. The number of nitrogen functional groups attached to an aromatic ring is 1. The highest BCUT2D eigenvalue weighted by Crippen LogP contribution is 2.29. The lowest BCUT2D eigenvalue weighted by Crippen LogP contribution is -2.31. The molecule has 0 atom stereocenters. The number of pyridine rings is 1. The molecular weight excluding hydrogens is 280 g/mol. The van der Waals surface area contributed by atoms with Gasteiger partial charge in [-0.05, 0) is 43.2 Å². The third-order valence-electron chi connectivity index (χ3n) is 4.22. The average molecular weight is 308 g/mol. The van der Waals surface area contributed by atoms with E-state index in [2.05, 4.69) is 13.8 Å². The summed E-state index contributed by atoms with van der Waals surface area (Å²) in [5, 5.41) is 0. The molecule has 22 heavy (non-hydrogen) atoms. The molecule has 124 valence electrons. The van der Waals surface area contributed by atoms with E-state index in [1.165, 1.54) is 0 Å². The maximum absolute atomic E-state index is 12.3. The van der Waals surface area contributed by atoms with Crippen molar-refractivity contribution >= 4 is 5.69 Å². The summed E-state index contributed by atoms with van der Waals surface area (Å²) in [5.41, 5.74) is 7.08. The second-order valence-electron chi connectivity index (χ2n) is 6.59. The van der Waals surface area contributed by atoms with Crippen molar-refractivity contribution in [3.8, 4) is 0 Å². The number of rotatable bonds is 6. The quantitative estimate of drug-likeness (QED) is 0.877. The zero-order valence-corrected chi connectivity index (χ0v) is 13.9. The summed E-state index contributed by atoms with van der Waals surface area (Å²) < 4.78 is 12.9. The lowest BCUT2D eigenvalue weighted by atomic mass is 9.92. The Morgan fingerprint density at radius 2 is 2.00 bits per heavy atom. The maximum Gasteiger partial charge on any atom is 0.273 e. The van der Waals surface area contributed by atoms with Crippen molar-refractivity contribution in [2.75, 3.05) is 19.5 Å². The van der Waals surface area contributed by atoms with E-state index < -0.39 is 0 Å². The summed E-state index contributed by atoms with van der Waals surface area (Å²) >= 11 is 0. The van der Waals surface area contributed by atoms with Crippen molar-refractivity contribution in [2.45, 2.75) is 58.3 Å². The number of hydrogen-bond donors (Lipinski definition) is 1. The van der Waals surface area contributed by atoms with Gasteiger partial charge in [-0.3, -0.25) is 4.79 Å². The van der Waals surface area contributed by atoms with Gasteiger partial charge in [0.1, 0.15) is 0 Å². The molecule has 0 aliphatic heterocycles. The highest BCUT2D eigenvalue weighted by atomic mass is 16.5. The predicted octanol–water partition coefficient (Wildman–Crippen LogP) is 2.73. The van der Waals surface area contributed by atoms with Crippen LogP contribution in [0.3, 0.4) is 0 Å². The van der Waals surface area contributed by atoms with Crippen LogP contribution in [-0.2, 0) is 16.1 Å². The van der Waals surface area contributed by atoms with Gasteiger partial charge in [0, 0.05) is 26.0 Å². The normalized spacial score (nSPS) is 22.2. The second-order valence-corrected chi connectivity index (χ2v) is 6.59. The van der Waals surface area contributed by atoms with Crippen molar-refractivity contribution in [2.24, 2.45) is 5.92 Å². The van der Waals surface area contributed by atoms with Crippen LogP contribution in [0.4, 0.5) is 5.69 Å². The lowest BCUT2D eigenvalue weighted by Gasteiger charge is -2.29. The molecule has 1 aromatic heterocycles. The highest BCUT2D eigenvalue weighted by Gasteiger charge is 2.23. The number of anilines is 1. The van der Waals surface area contributed by atoms with Gasteiger partial charge in [0.25, 0.3) is 5.56 Å². The molecule has 2 N–H and O–H groups in total. The number of aromatic nitrogens is 1. The van der Waals surface area contributed by atoms with Crippen LogP contribution < -0.4 is 11.3 Å². The number of nitrogens with two attached hydrogens (primary N) is 1. The molecule has 0 radical (unpaired) electrons. The SMILES string of the molecule is COC1CCC(n2cc(COCC(C)C)cc(N)c2=O)CC1. The molecule has 1 aliphatic carbocycles. The Labute approximate surface area is 132 Å². The van der Waals surface area contributed by atoms with E-state index in [1.807, 2.05) is 6.20 Å². The summed E-state index contributed by atoms with van der Waals surface area (Å²) in [6.07, 6.45) is 6.12. The summed E-state index contributed by atoms with van der Waals surface area (Å²) in [4.78, 5) is 12.3. The standard InChI is InChI=1S/C17H28N2O3/c1-12(2)10-22-11-13-8-16(18)17(20)19(9-13)14-4-6-15(21-3)7-5-14/h8-9,12,14-15H,4-7,10-11,18H2,1-3H3. The van der Waals surface area contributed by atoms with Gasteiger partial charge in [-0.15, -0.1) is 0 Å². The smallest absolute Gasteiger partial charge is 0.273 e. The van der Waals surface area contributed by atoms with E-state index in [0.717, 1.165) is 31.2 Å². The van der Waals surface area contributed by atoms with Crippen LogP contribution >= 0.6 is 0 Å². The van der Waals surface area contributed by atoms with E-state index in [-0.39, 0.29) is 11.6 Å². The molecule has 1 saturated carbocycles. The summed E-state index contributed by atoms with van der Waals surface area (Å²) in [6, 6.07) is 1.95. The Morgan fingerprint density at radius 3 is 2.59 bits per heavy atom. The van der Waals surface area contributed by atoms with Gasteiger partial charge >= 0.3 is 0 Å². The second kappa shape index (κ2) is 7.79. The first-order valence-corrected chi connectivity index (χ1v) is 8.12. The largest absolute Gasteiger partial charge is 0.394 e. The molecule has 5 heteroatoms. The van der Waals surface area contributed by atoms with Gasteiger partial charge in [0.15, 0.2) is 0 Å². The van der Waals surface area contributed by atoms with Gasteiger partial charge in [0.2, 0.25) is 0 Å². The maximum atomic E-state index is 12.3. The highest BCUT2D eigenvalue weighted by molar-refractivity contribution is 5.38. The molecule has 5 nitrogen and oxygen atoms in total. The fourth-order valence-corrected chi connectivity index (χ4v) is 3.01. The molecule has 1 fully saturated rings. The fraction of sp³-hybridized carbons (Fsp3) is 0.706. The minimum Gasteiger partial charge on any atom is -0.394 e. The molecule has 0 unspecified atom stereocenters. The summed E-state index contributed by atoms with van der Waals surface area (Å²) in [7, 11) is 1.75. The Balaban J connectivity index is 2.10. The predicted molar refractivity (Wildman–Crippen MR) is 87.9 cm³/mol. The van der Waals surface area contributed by atoms with Crippen molar-refractivity contribution in [1.29, 1.82) is 0 Å². The molecule has 1 heterocycles. The van der Waals surface area contributed by atoms with Gasteiger partial charge < -0.3 is 19.8 Å². The summed E-state index contributed by atoms with van der Waals surface area (Å²) in [5.74, 6) is 0.493. The van der Waals surface area contributed by atoms with Crippen molar-refractivity contribution in [3.63, 3.8) is 0 Å². The average Bonchev–Trinajstić information content (AvgIpc) is 2.50. The molecule has 0 aromatic carbocycles. The van der Waals surface area contributed by atoms with E-state index in [0.29, 0.717) is 30.9 Å². The minimum atomic E-state index is -0.0894. The first kappa shape index (κ1) is 17.0. The van der Waals surface area contributed by atoms with Crippen LogP contribution in [0, 0.1) is 5.92 Å². The Morgan fingerprint density at radius 1 is 1.32 bits per heavy atom. The third kappa shape index (κ3) is 4.34. The van der Waals surface area contributed by atoms with Gasteiger partial charge in [-0.2, -0.15) is 0 Å². The molecular formula is C17H28N2O3. The number of nitrogens with zero attached hydrogens (tertiary/aromatic N) is 1. The van der Waals surface area contributed by atoms with Crippen molar-refractivity contribution < 1.29 is 9.47 Å². The summed E-state index contributed by atoms with van der Waals surface area (Å²) in [6.45, 7) is 5.43. The van der Waals surface area contributed by atoms with E-state index in [9.17, 15) is 4.79 Å². The van der Waals surface area contributed by atoms with E-state index in [1.54, 1.807) is 17.7 Å². The Kier molecular flexibility index (Phi) is 6.03. The first-order chi connectivity index (χ1) is 10.5. The monoisotopic (exact) mass is 308 g/mol. The molecule has 0 bridgehead atoms. The van der Waals surface area contributed by atoms with Gasteiger partial charge in [-0.1, -0.05) is 13.8 Å². The fourth-order valence-electron chi connectivity index (χ4n) is 3.01. The lowest BCUT2D eigenvalue weighted by molar-refractivity contribution is 0.0578. The topological polar surface area (TPSA) is 66.5 Å². The van der Waals surface area contributed by atoms with Crippen molar-refractivity contribution in [1.82, 2.24) is 4.57 Å². The van der Waals surface area contributed by atoms with E-state index >= 15 is 0 Å². The van der Waals surface area contributed by atoms with Gasteiger partial charge in [-0.25, -0.2) is 0 Å². The van der Waals surface area contributed by atoms with E-state index in [4.69, 9.17) is 15.2 Å². The van der Waals surface area contributed by atoms with Crippen LogP contribution in [0.2, 0.25) is 0 Å². The molecule has 0 saturated heterocycles. The van der Waals surface area contributed by atoms with Crippen LogP contribution in [-0.4, -0.2) is 24.4 Å². The number of hydrogen-bond acceptors (Lipinski definition) is 4. The molecule has 1 aromatic rings. The van der Waals surface area contributed by atoms with Crippen LogP contribution in [0.25, 0.3) is 0 Å². The molecule has 0 spiro atoms. The minimum absolute atomic E-state index is 0.0894. The van der Waals surface area contributed by atoms with Crippen molar-refractivity contribution in [3.05, 3.63) is 28.2 Å². The Hall–Kier alpha value is -1.33. The van der Waals surface area contributed by atoms with Crippen LogP contribution in [0.15, 0.2) is 17.1 Å². The molecule has 1 aliphatic rings. The first-order valence-electron chi connectivity index (χ1n) is 8.12. The number of ether oxygens (including phenoxy) is 2. The zero-order valence-electron chi connectivity index (χ0n) is 13.9. The zero-order chi connectivity index (χ0) is 16.1. The molecule has 2 rings (SSSR count). The van der Waals surface area contributed by atoms with Crippen LogP contribution in [0.5, 0.6) is 0 Å². The number of methoxy groups -OCH3 is 1. The van der Waals surface area contributed by atoms with Gasteiger partial charge in [0.05, 0.1) is 18.4 Å².